The number of aliphatic imine (C=N–C) groups is 1. The third-order valence-electron chi connectivity index (χ3n) is 6.35. The van der Waals surface area contributed by atoms with Crippen molar-refractivity contribution in [1.82, 2.24) is 24.7 Å². The number of aromatic nitrogens is 2. The number of hydrogen-bond donors (Lipinski definition) is 0. The molecule has 0 spiro atoms. The fourth-order valence-corrected chi connectivity index (χ4v) is 5.43. The molecule has 3 aliphatic heterocycles. The Bertz CT molecular complexity index is 1200. The molecule has 1 aromatic carbocycles. The molecule has 0 radical (unpaired) electrons. The number of likely N-dealkylation sites (N-methyl/N-ethyl adjacent to an activating group) is 2. The Morgan fingerprint density at radius 3 is 2.54 bits per heavy atom. The lowest BCUT2D eigenvalue weighted by atomic mass is 10.1. The monoisotopic (exact) mass is 513 g/mol. The van der Waals surface area contributed by atoms with Crippen LogP contribution >= 0.6 is 23.4 Å². The molecule has 182 valence electrons. The average molecular weight is 514 g/mol. The van der Waals surface area contributed by atoms with E-state index in [0.29, 0.717) is 28.3 Å². The molecule has 0 bridgehead atoms. The highest BCUT2D eigenvalue weighted by Crippen LogP contribution is 2.25. The molecule has 0 N–H and O–H groups in total. The smallest absolute Gasteiger partial charge is 0.365 e. The van der Waals surface area contributed by atoms with Gasteiger partial charge in [-0.05, 0) is 24.3 Å². The second-order valence-corrected chi connectivity index (χ2v) is 9.94. The van der Waals surface area contributed by atoms with E-state index in [4.69, 9.17) is 16.6 Å². The van der Waals surface area contributed by atoms with Crippen LogP contribution in [0.5, 0.6) is 0 Å². The molecule has 12 heteroatoms. The molecule has 2 aromatic rings. The number of nitrogens with zero attached hydrogens (tertiary/aromatic N) is 8. The number of carbonyl (C=O) groups excluding carboxylic acids is 2. The van der Waals surface area contributed by atoms with Crippen LogP contribution in [0.4, 0.5) is 10.5 Å². The van der Waals surface area contributed by atoms with E-state index in [2.05, 4.69) is 25.5 Å². The molecule has 3 amide bonds. The maximum Gasteiger partial charge on any atom is 0.392 e. The van der Waals surface area contributed by atoms with Gasteiger partial charge in [0.05, 0.1) is 19.6 Å². The molecule has 35 heavy (non-hydrogen) atoms. The summed E-state index contributed by atoms with van der Waals surface area (Å²) in [6, 6.07) is 8.64. The van der Waals surface area contributed by atoms with E-state index in [-0.39, 0.29) is 11.9 Å². The summed E-state index contributed by atoms with van der Waals surface area (Å²) < 4.78 is 2.20. The molecule has 3 aliphatic rings. The predicted octanol–water partition coefficient (Wildman–Crippen LogP) is 1.72. The van der Waals surface area contributed by atoms with Gasteiger partial charge in [-0.15, -0.1) is 0 Å². The molecular weight excluding hydrogens is 488 g/mol. The Labute approximate surface area is 212 Å². The normalized spacial score (nSPS) is 20.5. The number of halogens is 1. The van der Waals surface area contributed by atoms with Gasteiger partial charge in [-0.3, -0.25) is 19.2 Å². The topological polar surface area (TPSA) is 88.2 Å². The standard InChI is InChI=1S/C23H26ClN8O2S/c1-28-19-18(20(33)29(2)23(28)34)32(13-14-35-21-25-7-4-8-26-21)22(27-19)31-11-9-30(10-12-31)17-6-3-5-16(24)15-17/h3-8,15,18H,9-14H2,1-2H3/q+1. The lowest BCUT2D eigenvalue weighted by Gasteiger charge is -2.34. The van der Waals surface area contributed by atoms with Crippen molar-refractivity contribution in [3.8, 4) is 0 Å². The SMILES string of the molecule is CN1C(=O)C2C(=NC(=[N+]3CCN(c4cccc(Cl)c4)CC3)N2CCSc2ncccn2)N(C)C1=O. The van der Waals surface area contributed by atoms with E-state index in [1.165, 1.54) is 28.6 Å². The van der Waals surface area contributed by atoms with Gasteiger partial charge in [-0.1, -0.05) is 34.4 Å². The van der Waals surface area contributed by atoms with Gasteiger partial charge in [0.2, 0.25) is 11.9 Å². The zero-order valence-corrected chi connectivity index (χ0v) is 21.1. The average Bonchev–Trinajstić information content (AvgIpc) is 3.26. The maximum atomic E-state index is 13.2. The van der Waals surface area contributed by atoms with E-state index in [1.807, 2.05) is 23.1 Å². The number of amidine groups is 1. The molecule has 5 rings (SSSR count). The van der Waals surface area contributed by atoms with Crippen LogP contribution in [-0.2, 0) is 4.79 Å². The molecule has 0 saturated carbocycles. The van der Waals surface area contributed by atoms with Gasteiger partial charge >= 0.3 is 12.0 Å². The number of guanidine groups is 1. The van der Waals surface area contributed by atoms with E-state index in [0.717, 1.165) is 37.8 Å². The van der Waals surface area contributed by atoms with Crippen LogP contribution in [0.3, 0.4) is 0 Å². The number of urea groups is 1. The number of piperazine rings is 1. The summed E-state index contributed by atoms with van der Waals surface area (Å²) in [6.07, 6.45) is 3.42. The number of hydrogen-bond acceptors (Lipinski definition) is 6. The second kappa shape index (κ2) is 9.82. The number of rotatable bonds is 5. The van der Waals surface area contributed by atoms with E-state index in [9.17, 15) is 9.59 Å². The Hall–Kier alpha value is -3.18. The minimum atomic E-state index is -0.624. The third kappa shape index (κ3) is 4.57. The highest BCUT2D eigenvalue weighted by Gasteiger charge is 2.55. The highest BCUT2D eigenvalue weighted by molar-refractivity contribution is 7.99. The second-order valence-electron chi connectivity index (χ2n) is 8.44. The summed E-state index contributed by atoms with van der Waals surface area (Å²) in [5.41, 5.74) is 1.09. The third-order valence-corrected chi connectivity index (χ3v) is 7.44. The summed E-state index contributed by atoms with van der Waals surface area (Å²) >= 11 is 7.71. The largest absolute Gasteiger partial charge is 0.392 e. The summed E-state index contributed by atoms with van der Waals surface area (Å²) in [5, 5.41) is 1.40. The van der Waals surface area contributed by atoms with Gasteiger partial charge in [0.25, 0.3) is 5.91 Å². The number of imide groups is 1. The van der Waals surface area contributed by atoms with Crippen molar-refractivity contribution in [1.29, 1.82) is 0 Å². The van der Waals surface area contributed by atoms with Gasteiger partial charge in [0, 0.05) is 56.0 Å². The number of thioether (sulfide) groups is 1. The Kier molecular flexibility index (Phi) is 6.61. The molecular formula is C23H26ClN8O2S+. The first-order chi connectivity index (χ1) is 16.9. The van der Waals surface area contributed by atoms with Gasteiger partial charge in [0.15, 0.2) is 5.16 Å². The van der Waals surface area contributed by atoms with Crippen LogP contribution < -0.4 is 4.90 Å². The van der Waals surface area contributed by atoms with E-state index in [1.54, 1.807) is 25.5 Å². The van der Waals surface area contributed by atoms with Crippen molar-refractivity contribution < 1.29 is 14.2 Å². The zero-order chi connectivity index (χ0) is 24.5. The first-order valence-corrected chi connectivity index (χ1v) is 12.7. The van der Waals surface area contributed by atoms with Gasteiger partial charge in [-0.2, -0.15) is 0 Å². The van der Waals surface area contributed by atoms with Crippen molar-refractivity contribution >= 4 is 52.8 Å². The molecule has 4 heterocycles. The zero-order valence-electron chi connectivity index (χ0n) is 19.5. The number of anilines is 1. The van der Waals surface area contributed by atoms with Crippen molar-refractivity contribution in [2.24, 2.45) is 4.99 Å². The molecule has 2 fully saturated rings. The summed E-state index contributed by atoms with van der Waals surface area (Å²) in [5.74, 6) is 1.62. The van der Waals surface area contributed by atoms with Crippen LogP contribution in [-0.4, -0.2) is 112 Å². The van der Waals surface area contributed by atoms with Crippen LogP contribution in [0.1, 0.15) is 0 Å². The number of carbonyl (C=O) groups is 2. The van der Waals surface area contributed by atoms with E-state index < -0.39 is 6.04 Å². The van der Waals surface area contributed by atoms with Crippen LogP contribution in [0.2, 0.25) is 5.02 Å². The Morgan fingerprint density at radius 1 is 1.09 bits per heavy atom. The van der Waals surface area contributed by atoms with Crippen LogP contribution in [0.15, 0.2) is 52.9 Å². The van der Waals surface area contributed by atoms with Gasteiger partial charge in [0.1, 0.15) is 0 Å². The minimum Gasteiger partial charge on any atom is -0.365 e. The summed E-state index contributed by atoms with van der Waals surface area (Å²) in [4.78, 5) is 46.1. The lowest BCUT2D eigenvalue weighted by Crippen LogP contribution is -2.63. The first kappa shape index (κ1) is 23.6. The molecule has 0 aliphatic carbocycles. The number of amides is 3. The fraction of sp³-hybridized carbons (Fsp3) is 0.391. The molecule has 2 saturated heterocycles. The number of benzene rings is 1. The summed E-state index contributed by atoms with van der Waals surface area (Å²) in [7, 11) is 3.19. The summed E-state index contributed by atoms with van der Waals surface area (Å²) in [6.45, 7) is 3.62. The van der Waals surface area contributed by atoms with Crippen molar-refractivity contribution in [3.05, 3.63) is 47.7 Å². The first-order valence-electron chi connectivity index (χ1n) is 11.4. The highest BCUT2D eigenvalue weighted by atomic mass is 35.5. The van der Waals surface area contributed by atoms with Gasteiger partial charge < -0.3 is 4.90 Å². The number of fused-ring (bicyclic) bond motifs is 1. The quantitative estimate of drug-likeness (QED) is 0.342. The molecule has 1 atom stereocenters. The van der Waals surface area contributed by atoms with Crippen molar-refractivity contribution in [3.63, 3.8) is 0 Å². The minimum absolute atomic E-state index is 0.264. The molecule has 10 nitrogen and oxygen atoms in total. The Morgan fingerprint density at radius 2 is 1.83 bits per heavy atom. The van der Waals surface area contributed by atoms with Crippen LogP contribution in [0.25, 0.3) is 0 Å². The Balaban J connectivity index is 1.39. The maximum absolute atomic E-state index is 13.2. The molecule has 1 unspecified atom stereocenters. The van der Waals surface area contributed by atoms with Gasteiger partial charge in [-0.25, -0.2) is 19.7 Å². The lowest BCUT2D eigenvalue weighted by molar-refractivity contribution is -0.534. The molecule has 1 aromatic heterocycles. The van der Waals surface area contributed by atoms with E-state index >= 15 is 0 Å². The van der Waals surface area contributed by atoms with Crippen LogP contribution in [0, 0.1) is 0 Å². The predicted molar refractivity (Wildman–Crippen MR) is 135 cm³/mol. The van der Waals surface area contributed by atoms with Crippen molar-refractivity contribution in [2.45, 2.75) is 11.2 Å². The van der Waals surface area contributed by atoms with Crippen molar-refractivity contribution in [2.75, 3.05) is 57.5 Å². The fourth-order valence-electron chi connectivity index (χ4n) is 4.50.